The molecule has 0 amide bonds. The molecule has 0 aromatic heterocycles. The van der Waals surface area contributed by atoms with Gasteiger partial charge in [-0.1, -0.05) is 66.7 Å². The molecule has 0 aliphatic carbocycles. The van der Waals surface area contributed by atoms with Crippen molar-refractivity contribution in [1.82, 2.24) is 0 Å². The molecular formula is C20H19NO. The summed E-state index contributed by atoms with van der Waals surface area (Å²) in [4.78, 5) is 0. The summed E-state index contributed by atoms with van der Waals surface area (Å²) in [7, 11) is 0. The SMILES string of the molecule is NCc1ccccc1-c1ccc(COc2ccccc2)cc1. The van der Waals surface area contributed by atoms with Gasteiger partial charge in [0, 0.05) is 6.54 Å². The predicted molar refractivity (Wildman–Crippen MR) is 90.5 cm³/mol. The molecule has 2 N–H and O–H groups in total. The largest absolute Gasteiger partial charge is 0.489 e. The van der Waals surface area contributed by atoms with Crippen LogP contribution in [0.4, 0.5) is 0 Å². The van der Waals surface area contributed by atoms with E-state index in [1.807, 2.05) is 42.5 Å². The molecule has 3 rings (SSSR count). The van der Waals surface area contributed by atoms with Gasteiger partial charge in [-0.05, 0) is 34.4 Å². The number of nitrogens with two attached hydrogens (primary N) is 1. The van der Waals surface area contributed by atoms with Gasteiger partial charge in [-0.3, -0.25) is 0 Å². The number of ether oxygens (including phenoxy) is 1. The van der Waals surface area contributed by atoms with E-state index in [-0.39, 0.29) is 0 Å². The Kier molecular flexibility index (Phi) is 4.52. The monoisotopic (exact) mass is 289 g/mol. The van der Waals surface area contributed by atoms with Crippen molar-refractivity contribution >= 4 is 0 Å². The fourth-order valence-corrected chi connectivity index (χ4v) is 2.44. The first-order valence-corrected chi connectivity index (χ1v) is 7.42. The van der Waals surface area contributed by atoms with Crippen LogP contribution >= 0.6 is 0 Å². The lowest BCUT2D eigenvalue weighted by Crippen LogP contribution is -1.99. The Labute approximate surface area is 131 Å². The maximum Gasteiger partial charge on any atom is 0.119 e. The van der Waals surface area contributed by atoms with E-state index in [4.69, 9.17) is 10.5 Å². The summed E-state index contributed by atoms with van der Waals surface area (Å²) >= 11 is 0. The van der Waals surface area contributed by atoms with Gasteiger partial charge in [-0.15, -0.1) is 0 Å². The molecule has 3 aromatic rings. The Bertz CT molecular complexity index is 720. The third-order valence-electron chi connectivity index (χ3n) is 3.65. The highest BCUT2D eigenvalue weighted by Crippen LogP contribution is 2.24. The first-order valence-electron chi connectivity index (χ1n) is 7.42. The molecule has 0 unspecified atom stereocenters. The van der Waals surface area contributed by atoms with Crippen molar-refractivity contribution in [2.24, 2.45) is 5.73 Å². The van der Waals surface area contributed by atoms with Crippen molar-refractivity contribution in [3.05, 3.63) is 90.0 Å². The molecule has 2 heteroatoms. The summed E-state index contributed by atoms with van der Waals surface area (Å²) < 4.78 is 5.76. The van der Waals surface area contributed by atoms with E-state index in [1.54, 1.807) is 0 Å². The summed E-state index contributed by atoms with van der Waals surface area (Å²) in [6.07, 6.45) is 0. The average molecular weight is 289 g/mol. The molecule has 0 aliphatic heterocycles. The Hall–Kier alpha value is -2.58. The van der Waals surface area contributed by atoms with Crippen molar-refractivity contribution in [2.75, 3.05) is 0 Å². The second kappa shape index (κ2) is 6.92. The van der Waals surface area contributed by atoms with Crippen molar-refractivity contribution in [3.8, 4) is 16.9 Å². The summed E-state index contributed by atoms with van der Waals surface area (Å²) in [5.41, 5.74) is 10.5. The van der Waals surface area contributed by atoms with E-state index >= 15 is 0 Å². The Morgan fingerprint density at radius 2 is 1.41 bits per heavy atom. The summed E-state index contributed by atoms with van der Waals surface area (Å²) in [6.45, 7) is 1.12. The molecule has 0 saturated carbocycles. The van der Waals surface area contributed by atoms with Gasteiger partial charge in [0.15, 0.2) is 0 Å². The Morgan fingerprint density at radius 3 is 2.14 bits per heavy atom. The molecule has 3 aromatic carbocycles. The second-order valence-electron chi connectivity index (χ2n) is 5.16. The van der Waals surface area contributed by atoms with E-state index in [1.165, 1.54) is 11.1 Å². The molecule has 0 heterocycles. The summed E-state index contributed by atoms with van der Waals surface area (Å²) in [6, 6.07) is 26.6. The minimum absolute atomic E-state index is 0.551. The normalized spacial score (nSPS) is 10.4. The Balaban J connectivity index is 1.73. The van der Waals surface area contributed by atoms with E-state index in [2.05, 4.69) is 36.4 Å². The number of rotatable bonds is 5. The van der Waals surface area contributed by atoms with Crippen molar-refractivity contribution in [3.63, 3.8) is 0 Å². The number of hydrogen-bond acceptors (Lipinski definition) is 2. The standard InChI is InChI=1S/C20H19NO/c21-14-18-6-4-5-9-20(18)17-12-10-16(11-13-17)15-22-19-7-2-1-3-8-19/h1-13H,14-15,21H2. The van der Waals surface area contributed by atoms with Crippen LogP contribution in [0.2, 0.25) is 0 Å². The van der Waals surface area contributed by atoms with E-state index in [0.29, 0.717) is 13.2 Å². The zero-order chi connectivity index (χ0) is 15.2. The topological polar surface area (TPSA) is 35.2 Å². The lowest BCUT2D eigenvalue weighted by Gasteiger charge is -2.10. The fraction of sp³-hybridized carbons (Fsp3) is 0.100. The molecule has 110 valence electrons. The minimum Gasteiger partial charge on any atom is -0.489 e. The van der Waals surface area contributed by atoms with E-state index in [9.17, 15) is 0 Å². The van der Waals surface area contributed by atoms with Gasteiger partial charge in [0.2, 0.25) is 0 Å². The fourth-order valence-electron chi connectivity index (χ4n) is 2.44. The summed E-state index contributed by atoms with van der Waals surface area (Å²) in [5.74, 6) is 0.889. The average Bonchev–Trinajstić information content (AvgIpc) is 2.61. The molecular weight excluding hydrogens is 270 g/mol. The van der Waals surface area contributed by atoms with E-state index < -0.39 is 0 Å². The lowest BCUT2D eigenvalue weighted by atomic mass is 9.99. The Morgan fingerprint density at radius 1 is 0.727 bits per heavy atom. The maximum atomic E-state index is 5.81. The van der Waals surface area contributed by atoms with Crippen LogP contribution in [0.15, 0.2) is 78.9 Å². The van der Waals surface area contributed by atoms with Gasteiger partial charge < -0.3 is 10.5 Å². The highest BCUT2D eigenvalue weighted by Gasteiger charge is 2.03. The van der Waals surface area contributed by atoms with Gasteiger partial charge in [-0.2, -0.15) is 0 Å². The van der Waals surface area contributed by atoms with Crippen LogP contribution in [-0.2, 0) is 13.2 Å². The molecule has 22 heavy (non-hydrogen) atoms. The highest BCUT2D eigenvalue weighted by atomic mass is 16.5. The van der Waals surface area contributed by atoms with Crippen LogP contribution in [0.25, 0.3) is 11.1 Å². The van der Waals surface area contributed by atoms with Crippen LogP contribution < -0.4 is 10.5 Å². The molecule has 2 nitrogen and oxygen atoms in total. The number of para-hydroxylation sites is 1. The number of hydrogen-bond donors (Lipinski definition) is 1. The first-order chi connectivity index (χ1) is 10.9. The van der Waals surface area contributed by atoms with Crippen molar-refractivity contribution in [1.29, 1.82) is 0 Å². The van der Waals surface area contributed by atoms with Gasteiger partial charge in [0.1, 0.15) is 12.4 Å². The minimum atomic E-state index is 0.551. The quantitative estimate of drug-likeness (QED) is 0.756. The molecule has 0 spiro atoms. The second-order valence-corrected chi connectivity index (χ2v) is 5.16. The predicted octanol–water partition coefficient (Wildman–Crippen LogP) is 4.39. The van der Waals surface area contributed by atoms with E-state index in [0.717, 1.165) is 16.9 Å². The van der Waals surface area contributed by atoms with Crippen LogP contribution in [-0.4, -0.2) is 0 Å². The van der Waals surface area contributed by atoms with Gasteiger partial charge in [-0.25, -0.2) is 0 Å². The van der Waals surface area contributed by atoms with Crippen LogP contribution in [0.1, 0.15) is 11.1 Å². The lowest BCUT2D eigenvalue weighted by molar-refractivity contribution is 0.306. The first kappa shape index (κ1) is 14.4. The molecule has 0 radical (unpaired) electrons. The molecule has 0 saturated heterocycles. The van der Waals surface area contributed by atoms with Gasteiger partial charge >= 0.3 is 0 Å². The van der Waals surface area contributed by atoms with Gasteiger partial charge in [0.25, 0.3) is 0 Å². The van der Waals surface area contributed by atoms with Crippen LogP contribution in [0.5, 0.6) is 5.75 Å². The third kappa shape index (κ3) is 3.35. The van der Waals surface area contributed by atoms with Crippen molar-refractivity contribution < 1.29 is 4.74 Å². The molecule has 0 aliphatic rings. The molecule has 0 fully saturated rings. The zero-order valence-electron chi connectivity index (χ0n) is 12.4. The zero-order valence-corrected chi connectivity index (χ0v) is 12.4. The van der Waals surface area contributed by atoms with Crippen molar-refractivity contribution in [2.45, 2.75) is 13.2 Å². The number of benzene rings is 3. The summed E-state index contributed by atoms with van der Waals surface area (Å²) in [5, 5.41) is 0. The highest BCUT2D eigenvalue weighted by molar-refractivity contribution is 5.67. The van der Waals surface area contributed by atoms with Crippen LogP contribution in [0, 0.1) is 0 Å². The van der Waals surface area contributed by atoms with Gasteiger partial charge in [0.05, 0.1) is 0 Å². The van der Waals surface area contributed by atoms with Crippen LogP contribution in [0.3, 0.4) is 0 Å². The molecule has 0 bridgehead atoms. The maximum absolute atomic E-state index is 5.81. The third-order valence-corrected chi connectivity index (χ3v) is 3.65. The molecule has 0 atom stereocenters. The smallest absolute Gasteiger partial charge is 0.119 e.